The fourth-order valence-electron chi connectivity index (χ4n) is 3.74. The molecule has 0 N–H and O–H groups in total. The van der Waals surface area contributed by atoms with Crippen molar-refractivity contribution < 1.29 is 0 Å². The predicted octanol–water partition coefficient (Wildman–Crippen LogP) is 6.11. The topological polar surface area (TPSA) is 15.6 Å². The Labute approximate surface area is 165 Å². The second kappa shape index (κ2) is 10.7. The summed E-state index contributed by atoms with van der Waals surface area (Å²) in [5.74, 6) is 1.61. The first kappa shape index (κ1) is 21.0. The molecule has 27 heavy (non-hydrogen) atoms. The van der Waals surface area contributed by atoms with Gasteiger partial charge in [0.1, 0.15) is 5.84 Å². The quantitative estimate of drug-likeness (QED) is 0.577. The molecule has 0 spiro atoms. The van der Waals surface area contributed by atoms with E-state index < -0.39 is 0 Å². The maximum atomic E-state index is 4.86. The maximum absolute atomic E-state index is 4.86. The van der Waals surface area contributed by atoms with Crippen LogP contribution in [0.2, 0.25) is 0 Å². The highest BCUT2D eigenvalue weighted by molar-refractivity contribution is 6.00. The van der Waals surface area contributed by atoms with E-state index >= 15 is 0 Å². The fraction of sp³-hybridized carbons (Fsp3) is 0.400. The van der Waals surface area contributed by atoms with Crippen molar-refractivity contribution in [1.29, 1.82) is 0 Å². The van der Waals surface area contributed by atoms with Gasteiger partial charge in [0.05, 0.1) is 12.6 Å². The Morgan fingerprint density at radius 3 is 2.48 bits per heavy atom. The van der Waals surface area contributed by atoms with Crippen molar-refractivity contribution in [3.05, 3.63) is 83.5 Å². The van der Waals surface area contributed by atoms with E-state index in [0.29, 0.717) is 12.0 Å². The third kappa shape index (κ3) is 5.09. The lowest BCUT2D eigenvalue weighted by Gasteiger charge is -2.37. The molecule has 1 aromatic rings. The standard InChI is InChI=1S/C23H28N2.C2H6/c1-4-9-19(5-2)22(20-10-7-6-8-11-20)25-17-16-24-23(25)21-14-12-18(3)13-15-21;1-2/h4-10,12-15,20,22H,11,16-17H2,1-3H3;1-2H3/b9-4-,19-5+;. The van der Waals surface area contributed by atoms with Crippen LogP contribution in [0.5, 0.6) is 0 Å². The molecule has 0 bridgehead atoms. The van der Waals surface area contributed by atoms with E-state index in [1.54, 1.807) is 0 Å². The molecule has 0 radical (unpaired) electrons. The summed E-state index contributed by atoms with van der Waals surface area (Å²) in [6.07, 6.45) is 16.7. The molecule has 0 aromatic heterocycles. The van der Waals surface area contributed by atoms with Crippen LogP contribution < -0.4 is 0 Å². The van der Waals surface area contributed by atoms with Crippen molar-refractivity contribution in [2.75, 3.05) is 13.1 Å². The van der Waals surface area contributed by atoms with Crippen molar-refractivity contribution in [2.45, 2.75) is 47.1 Å². The number of hydrogen-bond donors (Lipinski definition) is 0. The Bertz CT molecular complexity index is 732. The van der Waals surface area contributed by atoms with Crippen molar-refractivity contribution in [2.24, 2.45) is 10.9 Å². The highest BCUT2D eigenvalue weighted by Crippen LogP contribution is 2.30. The lowest BCUT2D eigenvalue weighted by atomic mass is 9.85. The molecule has 3 rings (SSSR count). The molecule has 2 aliphatic rings. The molecule has 0 fully saturated rings. The van der Waals surface area contributed by atoms with Crippen LogP contribution in [0.1, 0.15) is 45.2 Å². The van der Waals surface area contributed by atoms with Gasteiger partial charge in [0, 0.05) is 18.0 Å². The zero-order valence-electron chi connectivity index (χ0n) is 17.5. The van der Waals surface area contributed by atoms with Crippen molar-refractivity contribution in [3.8, 4) is 0 Å². The number of nitrogens with zero attached hydrogens (tertiary/aromatic N) is 2. The van der Waals surface area contributed by atoms with Crippen LogP contribution >= 0.6 is 0 Å². The van der Waals surface area contributed by atoms with Gasteiger partial charge in [0.25, 0.3) is 0 Å². The number of allylic oxidation sites excluding steroid dienone is 5. The average molecular weight is 363 g/mol. The van der Waals surface area contributed by atoms with Gasteiger partial charge >= 0.3 is 0 Å². The van der Waals surface area contributed by atoms with Crippen LogP contribution in [0.4, 0.5) is 0 Å². The number of amidine groups is 1. The minimum Gasteiger partial charge on any atom is -0.347 e. The second-order valence-electron chi connectivity index (χ2n) is 6.71. The molecule has 1 heterocycles. The van der Waals surface area contributed by atoms with Gasteiger partial charge in [-0.1, -0.05) is 86.2 Å². The zero-order valence-corrected chi connectivity index (χ0v) is 17.5. The summed E-state index contributed by atoms with van der Waals surface area (Å²) in [4.78, 5) is 7.37. The number of benzene rings is 1. The van der Waals surface area contributed by atoms with Crippen molar-refractivity contribution >= 4 is 5.84 Å². The molecule has 2 atom stereocenters. The summed E-state index contributed by atoms with van der Waals surface area (Å²) >= 11 is 0. The zero-order chi connectivity index (χ0) is 19.6. The van der Waals surface area contributed by atoms with Crippen LogP contribution in [0, 0.1) is 12.8 Å². The first-order valence-electron chi connectivity index (χ1n) is 10.2. The Morgan fingerprint density at radius 1 is 1.15 bits per heavy atom. The Hall–Kier alpha value is -2.35. The lowest BCUT2D eigenvalue weighted by molar-refractivity contribution is 0.313. The largest absolute Gasteiger partial charge is 0.347 e. The molecule has 2 nitrogen and oxygen atoms in total. The third-order valence-corrected chi connectivity index (χ3v) is 4.97. The van der Waals surface area contributed by atoms with E-state index in [1.165, 1.54) is 16.7 Å². The molecule has 1 aliphatic carbocycles. The van der Waals surface area contributed by atoms with Crippen LogP contribution in [0.15, 0.2) is 77.4 Å². The summed E-state index contributed by atoms with van der Waals surface area (Å²) < 4.78 is 0. The van der Waals surface area contributed by atoms with Crippen LogP contribution in [-0.4, -0.2) is 29.9 Å². The smallest absolute Gasteiger partial charge is 0.131 e. The predicted molar refractivity (Wildman–Crippen MR) is 119 cm³/mol. The maximum Gasteiger partial charge on any atom is 0.131 e. The molecule has 2 heteroatoms. The molecule has 0 amide bonds. The van der Waals surface area contributed by atoms with Gasteiger partial charge in [-0.15, -0.1) is 0 Å². The number of rotatable bonds is 5. The Morgan fingerprint density at radius 2 is 1.89 bits per heavy atom. The van der Waals surface area contributed by atoms with E-state index in [4.69, 9.17) is 4.99 Å². The van der Waals surface area contributed by atoms with Gasteiger partial charge in [0.2, 0.25) is 0 Å². The molecule has 2 unspecified atom stereocenters. The number of hydrogen-bond acceptors (Lipinski definition) is 2. The van der Waals surface area contributed by atoms with Crippen molar-refractivity contribution in [1.82, 2.24) is 4.90 Å². The van der Waals surface area contributed by atoms with E-state index in [2.05, 4.69) is 92.5 Å². The first-order chi connectivity index (χ1) is 13.2. The van der Waals surface area contributed by atoms with Gasteiger partial charge in [0.15, 0.2) is 0 Å². The minimum absolute atomic E-state index is 0.324. The SMILES string of the molecule is C/C=C\C(=C/C)C(C1C=CC=CC1)N1CCN=C1c1ccc(C)cc1.CC. The highest BCUT2D eigenvalue weighted by Gasteiger charge is 2.32. The summed E-state index contributed by atoms with van der Waals surface area (Å²) in [6, 6.07) is 9.07. The third-order valence-electron chi connectivity index (χ3n) is 4.97. The Kier molecular flexibility index (Phi) is 8.32. The van der Waals surface area contributed by atoms with E-state index in [-0.39, 0.29) is 0 Å². The Balaban J connectivity index is 0.00000126. The molecule has 1 aliphatic heterocycles. The molecule has 0 saturated carbocycles. The summed E-state index contributed by atoms with van der Waals surface area (Å²) in [5, 5.41) is 0. The lowest BCUT2D eigenvalue weighted by Crippen LogP contribution is -2.44. The monoisotopic (exact) mass is 362 g/mol. The highest BCUT2D eigenvalue weighted by atomic mass is 15.3. The van der Waals surface area contributed by atoms with E-state index in [9.17, 15) is 0 Å². The number of aryl methyl sites for hydroxylation is 1. The van der Waals surface area contributed by atoms with Gasteiger partial charge in [-0.3, -0.25) is 4.99 Å². The van der Waals surface area contributed by atoms with Crippen molar-refractivity contribution in [3.63, 3.8) is 0 Å². The van der Waals surface area contributed by atoms with Crippen LogP contribution in [0.3, 0.4) is 0 Å². The average Bonchev–Trinajstić information content (AvgIpc) is 3.20. The van der Waals surface area contributed by atoms with E-state index in [0.717, 1.165) is 25.3 Å². The summed E-state index contributed by atoms with van der Waals surface area (Å²) in [7, 11) is 0. The van der Waals surface area contributed by atoms with Crippen LogP contribution in [-0.2, 0) is 0 Å². The van der Waals surface area contributed by atoms with Gasteiger partial charge in [-0.2, -0.15) is 0 Å². The molecular weight excluding hydrogens is 328 g/mol. The summed E-state index contributed by atoms with van der Waals surface area (Å²) in [6.45, 7) is 12.2. The fourth-order valence-corrected chi connectivity index (χ4v) is 3.74. The molecule has 144 valence electrons. The molecule has 1 aromatic carbocycles. The van der Waals surface area contributed by atoms with Gasteiger partial charge in [-0.25, -0.2) is 0 Å². The normalized spacial score (nSPS) is 20.5. The number of aliphatic imine (C=N–C) groups is 1. The molecular formula is C25H34N2. The van der Waals surface area contributed by atoms with Crippen LogP contribution in [0.25, 0.3) is 0 Å². The second-order valence-corrected chi connectivity index (χ2v) is 6.71. The first-order valence-corrected chi connectivity index (χ1v) is 10.2. The van der Waals surface area contributed by atoms with E-state index in [1.807, 2.05) is 13.8 Å². The molecule has 0 saturated heterocycles. The summed E-state index contributed by atoms with van der Waals surface area (Å²) in [5.41, 5.74) is 3.88. The minimum atomic E-state index is 0.324. The van der Waals surface area contributed by atoms with Gasteiger partial charge in [-0.05, 0) is 32.8 Å². The van der Waals surface area contributed by atoms with Gasteiger partial charge < -0.3 is 4.90 Å².